The SMILES string of the molecule is C1CNP2NCCCC(C1)CCCN2. The lowest BCUT2D eigenvalue weighted by Crippen LogP contribution is -2.32. The van der Waals surface area contributed by atoms with Gasteiger partial charge in [-0.25, -0.2) is 0 Å². The first-order valence-electron chi connectivity index (χ1n) is 5.96. The van der Waals surface area contributed by atoms with Crippen molar-refractivity contribution in [3.8, 4) is 0 Å². The molecule has 14 heavy (non-hydrogen) atoms. The van der Waals surface area contributed by atoms with Crippen LogP contribution in [0.2, 0.25) is 0 Å². The number of fused-ring (bicyclic) bond motifs is 9. The molecule has 0 spiro atoms. The molecule has 0 aromatic carbocycles. The van der Waals surface area contributed by atoms with Crippen LogP contribution in [-0.4, -0.2) is 19.6 Å². The zero-order valence-corrected chi connectivity index (χ0v) is 9.78. The summed E-state index contributed by atoms with van der Waals surface area (Å²) in [6.45, 7) is 3.55. The van der Waals surface area contributed by atoms with Gasteiger partial charge in [0.15, 0.2) is 0 Å². The fraction of sp³-hybridized carbons (Fsp3) is 1.00. The Labute approximate surface area is 88.3 Å². The summed E-state index contributed by atoms with van der Waals surface area (Å²) in [7, 11) is -0.276. The molecule has 4 heteroatoms. The molecule has 3 nitrogen and oxygen atoms in total. The topological polar surface area (TPSA) is 36.1 Å². The number of rotatable bonds is 0. The highest BCUT2D eigenvalue weighted by Crippen LogP contribution is 2.26. The second kappa shape index (κ2) is 6.02. The van der Waals surface area contributed by atoms with Crippen molar-refractivity contribution in [2.24, 2.45) is 5.92 Å². The van der Waals surface area contributed by atoms with Crippen molar-refractivity contribution in [2.75, 3.05) is 19.6 Å². The van der Waals surface area contributed by atoms with Crippen molar-refractivity contribution in [3.63, 3.8) is 0 Å². The Balaban J connectivity index is 1.93. The Bertz CT molecular complexity index is 119. The van der Waals surface area contributed by atoms with Crippen LogP contribution in [0.5, 0.6) is 0 Å². The average Bonchev–Trinajstić information content (AvgIpc) is 2.25. The minimum absolute atomic E-state index is 0.276. The first kappa shape index (κ1) is 10.8. The number of nitrogens with one attached hydrogen (secondary N) is 3. The van der Waals surface area contributed by atoms with Gasteiger partial charge in [0.2, 0.25) is 0 Å². The molecule has 3 heterocycles. The molecule has 0 radical (unpaired) electrons. The zero-order valence-electron chi connectivity index (χ0n) is 8.89. The van der Waals surface area contributed by atoms with Gasteiger partial charge >= 0.3 is 0 Å². The molecule has 0 unspecified atom stereocenters. The van der Waals surface area contributed by atoms with Crippen LogP contribution < -0.4 is 15.3 Å². The molecule has 3 aliphatic rings. The Morgan fingerprint density at radius 3 is 1.57 bits per heavy atom. The van der Waals surface area contributed by atoms with E-state index in [9.17, 15) is 0 Å². The lowest BCUT2D eigenvalue weighted by molar-refractivity contribution is 0.380. The van der Waals surface area contributed by atoms with Crippen LogP contribution >= 0.6 is 8.37 Å². The summed E-state index contributed by atoms with van der Waals surface area (Å²) in [6, 6.07) is 0. The van der Waals surface area contributed by atoms with Gasteiger partial charge in [-0.2, -0.15) is 0 Å². The van der Waals surface area contributed by atoms with Gasteiger partial charge in [-0.1, -0.05) is 0 Å². The molecular formula is C10H22N3P. The van der Waals surface area contributed by atoms with Crippen LogP contribution in [0.1, 0.15) is 38.5 Å². The zero-order chi connectivity index (χ0) is 9.64. The highest BCUT2D eigenvalue weighted by atomic mass is 31.1. The maximum Gasteiger partial charge on any atom is 0.111 e. The van der Waals surface area contributed by atoms with E-state index in [1.54, 1.807) is 0 Å². The lowest BCUT2D eigenvalue weighted by Gasteiger charge is -2.27. The van der Waals surface area contributed by atoms with Crippen LogP contribution in [0.4, 0.5) is 0 Å². The summed E-state index contributed by atoms with van der Waals surface area (Å²) >= 11 is 0. The lowest BCUT2D eigenvalue weighted by atomic mass is 9.93. The quantitative estimate of drug-likeness (QED) is 0.541. The van der Waals surface area contributed by atoms with E-state index in [4.69, 9.17) is 0 Å². The molecule has 0 atom stereocenters. The summed E-state index contributed by atoms with van der Waals surface area (Å²) in [6.07, 6.45) is 8.38. The van der Waals surface area contributed by atoms with Crippen molar-refractivity contribution in [1.82, 2.24) is 15.3 Å². The minimum atomic E-state index is -0.276. The Morgan fingerprint density at radius 2 is 1.14 bits per heavy atom. The fourth-order valence-electron chi connectivity index (χ4n) is 2.35. The predicted octanol–water partition coefficient (Wildman–Crippen LogP) is 1.97. The van der Waals surface area contributed by atoms with E-state index in [-0.39, 0.29) is 8.37 Å². The summed E-state index contributed by atoms with van der Waals surface area (Å²) in [5, 5.41) is 10.8. The highest BCUT2D eigenvalue weighted by molar-refractivity contribution is 7.51. The van der Waals surface area contributed by atoms with E-state index in [1.807, 2.05) is 0 Å². The minimum Gasteiger partial charge on any atom is -0.271 e. The molecular weight excluding hydrogens is 193 g/mol. The van der Waals surface area contributed by atoms with Crippen molar-refractivity contribution in [1.29, 1.82) is 0 Å². The average molecular weight is 215 g/mol. The predicted molar refractivity (Wildman–Crippen MR) is 62.1 cm³/mol. The number of hydrogen-bond acceptors (Lipinski definition) is 3. The van der Waals surface area contributed by atoms with Gasteiger partial charge in [-0.3, -0.25) is 15.3 Å². The van der Waals surface area contributed by atoms with Gasteiger partial charge in [-0.05, 0) is 44.4 Å². The normalized spacial score (nSPS) is 36.0. The smallest absolute Gasteiger partial charge is 0.111 e. The molecule has 0 saturated carbocycles. The Hall–Kier alpha value is 0.310. The summed E-state index contributed by atoms with van der Waals surface area (Å²) in [5.74, 6) is 0.989. The molecule has 3 saturated heterocycles. The van der Waals surface area contributed by atoms with Crippen LogP contribution in [0.3, 0.4) is 0 Å². The second-order valence-corrected chi connectivity index (χ2v) is 5.97. The van der Waals surface area contributed by atoms with Gasteiger partial charge in [-0.15, -0.1) is 0 Å². The van der Waals surface area contributed by atoms with Gasteiger partial charge in [0.25, 0.3) is 0 Å². The largest absolute Gasteiger partial charge is 0.271 e. The van der Waals surface area contributed by atoms with Gasteiger partial charge in [0.05, 0.1) is 0 Å². The van der Waals surface area contributed by atoms with Crippen molar-refractivity contribution in [3.05, 3.63) is 0 Å². The maximum atomic E-state index is 3.59. The monoisotopic (exact) mass is 215 g/mol. The Kier molecular flexibility index (Phi) is 4.65. The van der Waals surface area contributed by atoms with E-state index in [0.29, 0.717) is 0 Å². The van der Waals surface area contributed by atoms with Gasteiger partial charge < -0.3 is 0 Å². The van der Waals surface area contributed by atoms with Crippen LogP contribution in [0.15, 0.2) is 0 Å². The molecule has 0 aliphatic carbocycles. The summed E-state index contributed by atoms with van der Waals surface area (Å²) in [5.41, 5.74) is 0. The van der Waals surface area contributed by atoms with E-state index in [2.05, 4.69) is 15.3 Å². The standard InChI is InChI=1S/C10H22N3P/c1-4-10-5-2-8-12-14(11-7-1)13-9-3-6-10/h10-13H,1-9H2. The van der Waals surface area contributed by atoms with E-state index >= 15 is 0 Å². The first-order chi connectivity index (χ1) is 6.95. The molecule has 0 amide bonds. The molecule has 82 valence electrons. The molecule has 2 bridgehead atoms. The fourth-order valence-corrected chi connectivity index (χ4v) is 3.83. The second-order valence-electron chi connectivity index (χ2n) is 4.35. The van der Waals surface area contributed by atoms with E-state index in [0.717, 1.165) is 5.92 Å². The molecule has 3 N–H and O–H groups in total. The molecule has 3 rings (SSSR count). The number of hydrogen-bond donors (Lipinski definition) is 3. The van der Waals surface area contributed by atoms with Crippen molar-refractivity contribution >= 4 is 8.37 Å². The molecule has 3 fully saturated rings. The summed E-state index contributed by atoms with van der Waals surface area (Å²) in [4.78, 5) is 0. The van der Waals surface area contributed by atoms with Gasteiger partial charge in [0.1, 0.15) is 8.37 Å². The highest BCUT2D eigenvalue weighted by Gasteiger charge is 2.15. The summed E-state index contributed by atoms with van der Waals surface area (Å²) < 4.78 is 0. The maximum absolute atomic E-state index is 3.59. The van der Waals surface area contributed by atoms with E-state index in [1.165, 1.54) is 58.2 Å². The van der Waals surface area contributed by atoms with E-state index < -0.39 is 0 Å². The van der Waals surface area contributed by atoms with Gasteiger partial charge in [0, 0.05) is 19.6 Å². The van der Waals surface area contributed by atoms with Crippen molar-refractivity contribution in [2.45, 2.75) is 38.5 Å². The van der Waals surface area contributed by atoms with Crippen LogP contribution in [-0.2, 0) is 0 Å². The molecule has 0 aromatic rings. The third kappa shape index (κ3) is 3.47. The molecule has 3 aliphatic heterocycles. The van der Waals surface area contributed by atoms with Crippen molar-refractivity contribution < 1.29 is 0 Å². The Morgan fingerprint density at radius 1 is 0.714 bits per heavy atom. The molecule has 0 aromatic heterocycles. The van der Waals surface area contributed by atoms with Crippen LogP contribution in [0.25, 0.3) is 0 Å². The third-order valence-corrected chi connectivity index (χ3v) is 4.80. The third-order valence-electron chi connectivity index (χ3n) is 3.18. The van der Waals surface area contributed by atoms with Crippen LogP contribution in [0, 0.1) is 5.92 Å². The first-order valence-corrected chi connectivity index (χ1v) is 7.30.